The monoisotopic (exact) mass is 441 g/mol. The summed E-state index contributed by atoms with van der Waals surface area (Å²) in [5.74, 6) is -3.31. The van der Waals surface area contributed by atoms with E-state index in [-0.39, 0.29) is 30.1 Å². The molecular weight excluding hydrogens is 419 g/mol. The van der Waals surface area contributed by atoms with E-state index in [0.29, 0.717) is 30.4 Å². The van der Waals surface area contributed by atoms with Crippen molar-refractivity contribution < 1.29 is 26.7 Å². The molecule has 0 spiro atoms. The highest BCUT2D eigenvalue weighted by Gasteiger charge is 2.33. The highest BCUT2D eigenvalue weighted by molar-refractivity contribution is 7.80. The van der Waals surface area contributed by atoms with E-state index in [0.717, 1.165) is 6.07 Å². The minimum Gasteiger partial charge on any atom is -0.331 e. The molecule has 6 nitrogen and oxygen atoms in total. The molecule has 0 bridgehead atoms. The number of amides is 1. The first kappa shape index (κ1) is 22.3. The second-order valence-electron chi connectivity index (χ2n) is 7.39. The van der Waals surface area contributed by atoms with E-state index in [1.165, 1.54) is 12.1 Å². The van der Waals surface area contributed by atoms with Gasteiger partial charge in [0.25, 0.3) is 17.2 Å². The van der Waals surface area contributed by atoms with Crippen LogP contribution in [0.1, 0.15) is 29.8 Å². The van der Waals surface area contributed by atoms with Crippen LogP contribution in [0.3, 0.4) is 0 Å². The van der Waals surface area contributed by atoms with Gasteiger partial charge in [-0.15, -0.1) is 0 Å². The molecule has 0 radical (unpaired) electrons. The number of rotatable bonds is 5. The summed E-state index contributed by atoms with van der Waals surface area (Å²) >= 11 is -2.20. The molecule has 2 aromatic carbocycles. The highest BCUT2D eigenvalue weighted by atomic mass is 32.2. The summed E-state index contributed by atoms with van der Waals surface area (Å²) < 4.78 is 62.9. The SMILES string of the molecule is CC1CN(Cc2cc(F)cc(F)c2F)CC(C)N1C(=O)c1ccc(NS(=O)O)cc1. The van der Waals surface area contributed by atoms with Crippen LogP contribution in [0.25, 0.3) is 0 Å². The molecule has 2 aromatic rings. The zero-order valence-electron chi connectivity index (χ0n) is 16.4. The van der Waals surface area contributed by atoms with Crippen LogP contribution < -0.4 is 4.72 Å². The third-order valence-electron chi connectivity index (χ3n) is 5.03. The Morgan fingerprint density at radius 3 is 2.30 bits per heavy atom. The lowest BCUT2D eigenvalue weighted by Gasteiger charge is -2.44. The van der Waals surface area contributed by atoms with Crippen LogP contribution in [-0.4, -0.2) is 49.6 Å². The van der Waals surface area contributed by atoms with Crippen molar-refractivity contribution >= 4 is 22.9 Å². The van der Waals surface area contributed by atoms with Crippen LogP contribution in [0.5, 0.6) is 0 Å². The Balaban J connectivity index is 1.70. The van der Waals surface area contributed by atoms with E-state index >= 15 is 0 Å². The summed E-state index contributed by atoms with van der Waals surface area (Å²) in [7, 11) is 0. The quantitative estimate of drug-likeness (QED) is 0.551. The normalized spacial score (nSPS) is 20.8. The predicted octanol–water partition coefficient (Wildman–Crippen LogP) is 3.39. The topological polar surface area (TPSA) is 72.9 Å². The Morgan fingerprint density at radius 2 is 1.73 bits per heavy atom. The molecule has 1 amide bonds. The molecule has 1 saturated heterocycles. The number of nitrogens with zero attached hydrogens (tertiary/aromatic N) is 2. The molecular formula is C20H22F3N3O3S. The molecule has 0 saturated carbocycles. The summed E-state index contributed by atoms with van der Waals surface area (Å²) in [5, 5.41) is 0. The van der Waals surface area contributed by atoms with Crippen molar-refractivity contribution in [2.45, 2.75) is 32.5 Å². The number of carbonyl (C=O) groups is 1. The maximum absolute atomic E-state index is 14.0. The van der Waals surface area contributed by atoms with Crippen molar-refractivity contribution in [3.8, 4) is 0 Å². The Bertz CT molecular complexity index is 946. The molecule has 1 aliphatic rings. The fourth-order valence-corrected chi connectivity index (χ4v) is 4.20. The van der Waals surface area contributed by atoms with Crippen LogP contribution >= 0.6 is 0 Å². The van der Waals surface area contributed by atoms with Crippen molar-refractivity contribution in [3.63, 3.8) is 0 Å². The van der Waals surface area contributed by atoms with Gasteiger partial charge in [-0.05, 0) is 44.2 Å². The van der Waals surface area contributed by atoms with E-state index in [1.807, 2.05) is 18.7 Å². The maximum atomic E-state index is 14.0. The highest BCUT2D eigenvalue weighted by Crippen LogP contribution is 2.23. The summed E-state index contributed by atoms with van der Waals surface area (Å²) in [6, 6.07) is 7.26. The van der Waals surface area contributed by atoms with Gasteiger partial charge in [-0.25, -0.2) is 17.4 Å². The molecule has 162 valence electrons. The number of halogens is 3. The van der Waals surface area contributed by atoms with E-state index in [1.54, 1.807) is 17.0 Å². The second kappa shape index (κ2) is 9.15. The number of hydrogen-bond donors (Lipinski definition) is 2. The summed E-state index contributed by atoms with van der Waals surface area (Å²) in [6.45, 7) is 4.57. The van der Waals surface area contributed by atoms with Crippen molar-refractivity contribution in [1.29, 1.82) is 0 Å². The fourth-order valence-electron chi connectivity index (χ4n) is 3.86. The van der Waals surface area contributed by atoms with Gasteiger partial charge in [0.2, 0.25) is 0 Å². The second-order valence-corrected chi connectivity index (χ2v) is 8.10. The molecule has 1 heterocycles. The molecule has 3 rings (SSSR count). The van der Waals surface area contributed by atoms with Crippen molar-refractivity contribution in [3.05, 3.63) is 65.0 Å². The third kappa shape index (κ3) is 5.00. The lowest BCUT2D eigenvalue weighted by molar-refractivity contribution is 0.0265. The molecule has 3 unspecified atom stereocenters. The first-order chi connectivity index (χ1) is 14.2. The number of nitrogens with one attached hydrogen (secondary N) is 1. The number of benzene rings is 2. The Kier molecular flexibility index (Phi) is 6.79. The minimum atomic E-state index is -2.20. The third-order valence-corrected chi connectivity index (χ3v) is 5.44. The van der Waals surface area contributed by atoms with Crippen molar-refractivity contribution in [2.24, 2.45) is 0 Å². The average molecular weight is 441 g/mol. The summed E-state index contributed by atoms with van der Waals surface area (Å²) in [5.41, 5.74) is 0.772. The number of carbonyl (C=O) groups excluding carboxylic acids is 1. The van der Waals surface area contributed by atoms with Gasteiger partial charge < -0.3 is 4.90 Å². The molecule has 1 aliphatic heterocycles. The Morgan fingerprint density at radius 1 is 1.13 bits per heavy atom. The van der Waals surface area contributed by atoms with Crippen LogP contribution in [0.15, 0.2) is 36.4 Å². The Hall–Kier alpha value is -2.43. The van der Waals surface area contributed by atoms with Crippen molar-refractivity contribution in [1.82, 2.24) is 9.80 Å². The maximum Gasteiger partial charge on any atom is 0.259 e. The van der Waals surface area contributed by atoms with Crippen LogP contribution in [0, 0.1) is 17.5 Å². The number of hydrogen-bond acceptors (Lipinski definition) is 3. The number of anilines is 1. The lowest BCUT2D eigenvalue weighted by Crippen LogP contribution is -2.58. The molecule has 1 fully saturated rings. The van der Waals surface area contributed by atoms with Crippen LogP contribution in [-0.2, 0) is 17.8 Å². The van der Waals surface area contributed by atoms with Crippen LogP contribution in [0.4, 0.5) is 18.9 Å². The van der Waals surface area contributed by atoms with Gasteiger partial charge in [0.15, 0.2) is 11.6 Å². The standard InChI is InChI=1S/C20H22F3N3O3S/c1-12-9-25(11-15-7-16(21)8-18(22)19(15)23)10-13(2)26(12)20(27)14-3-5-17(6-4-14)24-30(28)29/h3-8,12-13,24H,9-11H2,1-2H3,(H,28,29). The molecule has 0 aromatic heterocycles. The fraction of sp³-hybridized carbons (Fsp3) is 0.350. The van der Waals surface area contributed by atoms with Gasteiger partial charge in [-0.1, -0.05) is 0 Å². The molecule has 3 atom stereocenters. The van der Waals surface area contributed by atoms with Crippen LogP contribution in [0.2, 0.25) is 0 Å². The van der Waals surface area contributed by atoms with E-state index in [9.17, 15) is 22.2 Å². The smallest absolute Gasteiger partial charge is 0.259 e. The van der Waals surface area contributed by atoms with Gasteiger partial charge in [0.05, 0.1) is 0 Å². The van der Waals surface area contributed by atoms with Gasteiger partial charge in [0, 0.05) is 54.6 Å². The van der Waals surface area contributed by atoms with Gasteiger partial charge in [-0.3, -0.25) is 19.0 Å². The molecule has 10 heteroatoms. The minimum absolute atomic E-state index is 0.0376. The van der Waals surface area contributed by atoms with E-state index in [4.69, 9.17) is 4.55 Å². The van der Waals surface area contributed by atoms with Crippen molar-refractivity contribution in [2.75, 3.05) is 17.8 Å². The van der Waals surface area contributed by atoms with Gasteiger partial charge >= 0.3 is 0 Å². The first-order valence-corrected chi connectivity index (χ1v) is 10.4. The average Bonchev–Trinajstić information content (AvgIpc) is 2.65. The van der Waals surface area contributed by atoms with E-state index in [2.05, 4.69) is 4.72 Å². The summed E-state index contributed by atoms with van der Waals surface area (Å²) in [6.07, 6.45) is 0. The largest absolute Gasteiger partial charge is 0.331 e. The molecule has 2 N–H and O–H groups in total. The lowest BCUT2D eigenvalue weighted by atomic mass is 10.0. The summed E-state index contributed by atoms with van der Waals surface area (Å²) in [4.78, 5) is 16.6. The predicted molar refractivity (Wildman–Crippen MR) is 108 cm³/mol. The number of piperazine rings is 1. The first-order valence-electron chi connectivity index (χ1n) is 9.31. The Labute approximate surface area is 175 Å². The van der Waals surface area contributed by atoms with Gasteiger partial charge in [-0.2, -0.15) is 0 Å². The van der Waals surface area contributed by atoms with E-state index < -0.39 is 28.7 Å². The van der Waals surface area contributed by atoms with Gasteiger partial charge in [0.1, 0.15) is 5.82 Å². The molecule has 0 aliphatic carbocycles. The zero-order chi connectivity index (χ0) is 22.0. The zero-order valence-corrected chi connectivity index (χ0v) is 17.3. The molecule has 30 heavy (non-hydrogen) atoms.